The first-order valence-corrected chi connectivity index (χ1v) is 6.61. The van der Waals surface area contributed by atoms with Crippen LogP contribution >= 0.6 is 11.6 Å². The van der Waals surface area contributed by atoms with Crippen LogP contribution in [0.15, 0.2) is 30.3 Å². The Balaban J connectivity index is 2.44. The van der Waals surface area contributed by atoms with Crippen molar-refractivity contribution in [3.63, 3.8) is 0 Å². The molecule has 2 atom stereocenters. The van der Waals surface area contributed by atoms with Gasteiger partial charge in [-0.05, 0) is 36.5 Å². The summed E-state index contributed by atoms with van der Waals surface area (Å²) in [6, 6.07) is 7.76. The Kier molecular flexibility index (Phi) is 6.31. The third-order valence-electron chi connectivity index (χ3n) is 2.75. The van der Waals surface area contributed by atoms with Gasteiger partial charge in [-0.25, -0.2) is 0 Å². The SMILES string of the molecule is CCCC(O)CC(C)/C=C/c1ccc(Cl)cc1. The van der Waals surface area contributed by atoms with Crippen molar-refractivity contribution in [1.29, 1.82) is 0 Å². The molecule has 1 aromatic rings. The van der Waals surface area contributed by atoms with Crippen LogP contribution in [0.25, 0.3) is 6.08 Å². The highest BCUT2D eigenvalue weighted by Crippen LogP contribution is 2.15. The highest BCUT2D eigenvalue weighted by atomic mass is 35.5. The number of halogens is 1. The molecular weight excluding hydrogens is 232 g/mol. The van der Waals surface area contributed by atoms with E-state index in [9.17, 15) is 5.11 Å². The van der Waals surface area contributed by atoms with Crippen molar-refractivity contribution in [2.75, 3.05) is 0 Å². The van der Waals surface area contributed by atoms with Gasteiger partial charge < -0.3 is 5.11 Å². The van der Waals surface area contributed by atoms with Crippen LogP contribution in [0.4, 0.5) is 0 Å². The van der Waals surface area contributed by atoms with E-state index in [1.54, 1.807) is 0 Å². The van der Waals surface area contributed by atoms with Crippen LogP contribution in [-0.4, -0.2) is 11.2 Å². The summed E-state index contributed by atoms with van der Waals surface area (Å²) in [6.45, 7) is 4.22. The predicted octanol–water partition coefficient (Wildman–Crippen LogP) is 4.54. The van der Waals surface area contributed by atoms with Gasteiger partial charge in [-0.1, -0.05) is 56.2 Å². The lowest BCUT2D eigenvalue weighted by molar-refractivity contribution is 0.143. The number of aliphatic hydroxyl groups is 1. The first-order chi connectivity index (χ1) is 8.11. The average molecular weight is 253 g/mol. The number of hydrogen-bond acceptors (Lipinski definition) is 1. The fraction of sp³-hybridized carbons (Fsp3) is 0.467. The molecule has 0 spiro atoms. The Hall–Kier alpha value is -0.790. The molecule has 1 rings (SSSR count). The number of hydrogen-bond donors (Lipinski definition) is 1. The van der Waals surface area contributed by atoms with Gasteiger partial charge >= 0.3 is 0 Å². The summed E-state index contributed by atoms with van der Waals surface area (Å²) in [6.07, 6.45) is 6.80. The minimum absolute atomic E-state index is 0.176. The topological polar surface area (TPSA) is 20.2 Å². The van der Waals surface area contributed by atoms with Crippen molar-refractivity contribution < 1.29 is 5.11 Å². The van der Waals surface area contributed by atoms with Gasteiger partial charge in [-0.15, -0.1) is 0 Å². The van der Waals surface area contributed by atoms with Crippen LogP contribution in [0.1, 0.15) is 38.7 Å². The molecule has 0 saturated carbocycles. The third kappa shape index (κ3) is 5.90. The van der Waals surface area contributed by atoms with Gasteiger partial charge in [-0.2, -0.15) is 0 Å². The van der Waals surface area contributed by atoms with E-state index < -0.39 is 0 Å². The van der Waals surface area contributed by atoms with Crippen LogP contribution in [0, 0.1) is 5.92 Å². The number of benzene rings is 1. The molecule has 0 heterocycles. The summed E-state index contributed by atoms with van der Waals surface area (Å²) in [5.41, 5.74) is 1.14. The first kappa shape index (κ1) is 14.3. The normalized spacial score (nSPS) is 15.1. The molecule has 0 aliphatic rings. The van der Waals surface area contributed by atoms with Crippen LogP contribution < -0.4 is 0 Å². The van der Waals surface area contributed by atoms with Gasteiger partial charge in [0.15, 0.2) is 0 Å². The van der Waals surface area contributed by atoms with Crippen LogP contribution in [-0.2, 0) is 0 Å². The molecule has 1 aromatic carbocycles. The van der Waals surface area contributed by atoms with E-state index in [-0.39, 0.29) is 6.10 Å². The van der Waals surface area contributed by atoms with Crippen LogP contribution in [0.3, 0.4) is 0 Å². The molecule has 0 aliphatic carbocycles. The van der Waals surface area contributed by atoms with Gasteiger partial charge in [0, 0.05) is 5.02 Å². The monoisotopic (exact) mass is 252 g/mol. The van der Waals surface area contributed by atoms with Gasteiger partial charge in [0.1, 0.15) is 0 Å². The van der Waals surface area contributed by atoms with E-state index in [1.807, 2.05) is 24.3 Å². The Morgan fingerprint density at radius 2 is 1.94 bits per heavy atom. The molecule has 2 heteroatoms. The summed E-state index contributed by atoms with van der Waals surface area (Å²) >= 11 is 5.82. The number of aliphatic hydroxyl groups excluding tert-OH is 1. The van der Waals surface area contributed by atoms with Crippen LogP contribution in [0.5, 0.6) is 0 Å². The summed E-state index contributed by atoms with van der Waals surface area (Å²) in [5, 5.41) is 10.5. The summed E-state index contributed by atoms with van der Waals surface area (Å²) < 4.78 is 0. The molecule has 94 valence electrons. The quantitative estimate of drug-likeness (QED) is 0.788. The molecule has 0 aliphatic heterocycles. The van der Waals surface area contributed by atoms with Gasteiger partial charge in [0.2, 0.25) is 0 Å². The maximum atomic E-state index is 9.70. The average Bonchev–Trinajstić information content (AvgIpc) is 2.28. The van der Waals surface area contributed by atoms with Gasteiger partial charge in [0.05, 0.1) is 6.10 Å². The zero-order chi connectivity index (χ0) is 12.7. The molecule has 0 fully saturated rings. The van der Waals surface area contributed by atoms with E-state index in [0.717, 1.165) is 29.8 Å². The lowest BCUT2D eigenvalue weighted by Crippen LogP contribution is -2.09. The maximum absolute atomic E-state index is 9.70. The van der Waals surface area contributed by atoms with Crippen molar-refractivity contribution in [3.05, 3.63) is 40.9 Å². The van der Waals surface area contributed by atoms with Gasteiger partial charge in [0.25, 0.3) is 0 Å². The molecule has 0 bridgehead atoms. The molecule has 17 heavy (non-hydrogen) atoms. The fourth-order valence-corrected chi connectivity index (χ4v) is 1.93. The first-order valence-electron chi connectivity index (χ1n) is 6.23. The van der Waals surface area contributed by atoms with E-state index in [0.29, 0.717) is 5.92 Å². The van der Waals surface area contributed by atoms with E-state index in [1.165, 1.54) is 0 Å². The molecule has 1 N–H and O–H groups in total. The number of rotatable bonds is 6. The maximum Gasteiger partial charge on any atom is 0.0545 e. The van der Waals surface area contributed by atoms with Crippen molar-refractivity contribution in [2.24, 2.45) is 5.92 Å². The van der Waals surface area contributed by atoms with Crippen molar-refractivity contribution in [2.45, 2.75) is 39.2 Å². The standard InChI is InChI=1S/C15H21ClO/c1-3-4-15(17)11-12(2)5-6-13-7-9-14(16)10-8-13/h5-10,12,15,17H,3-4,11H2,1-2H3/b6-5+. The molecule has 0 amide bonds. The number of allylic oxidation sites excluding steroid dienone is 1. The predicted molar refractivity (Wildman–Crippen MR) is 75.2 cm³/mol. The molecular formula is C15H21ClO. The van der Waals surface area contributed by atoms with E-state index in [4.69, 9.17) is 11.6 Å². The zero-order valence-electron chi connectivity index (χ0n) is 10.6. The third-order valence-corrected chi connectivity index (χ3v) is 3.00. The van der Waals surface area contributed by atoms with E-state index >= 15 is 0 Å². The second kappa shape index (κ2) is 7.52. The van der Waals surface area contributed by atoms with Gasteiger partial charge in [-0.3, -0.25) is 0 Å². The van der Waals surface area contributed by atoms with E-state index in [2.05, 4.69) is 26.0 Å². The Bertz CT molecular complexity index is 342. The smallest absolute Gasteiger partial charge is 0.0545 e. The van der Waals surface area contributed by atoms with Crippen molar-refractivity contribution in [3.8, 4) is 0 Å². The largest absolute Gasteiger partial charge is 0.393 e. The lowest BCUT2D eigenvalue weighted by Gasteiger charge is -2.12. The zero-order valence-corrected chi connectivity index (χ0v) is 11.3. The molecule has 0 saturated heterocycles. The summed E-state index contributed by atoms with van der Waals surface area (Å²) in [7, 11) is 0. The minimum Gasteiger partial charge on any atom is -0.393 e. The molecule has 0 radical (unpaired) electrons. The summed E-state index contributed by atoms with van der Waals surface area (Å²) in [5.74, 6) is 0.396. The highest BCUT2D eigenvalue weighted by molar-refractivity contribution is 6.30. The lowest BCUT2D eigenvalue weighted by atomic mass is 9.99. The fourth-order valence-electron chi connectivity index (χ4n) is 1.81. The Morgan fingerprint density at radius 3 is 2.53 bits per heavy atom. The summed E-state index contributed by atoms with van der Waals surface area (Å²) in [4.78, 5) is 0. The Morgan fingerprint density at radius 1 is 1.29 bits per heavy atom. The molecule has 2 unspecified atom stereocenters. The molecule has 0 aromatic heterocycles. The highest BCUT2D eigenvalue weighted by Gasteiger charge is 2.06. The minimum atomic E-state index is -0.176. The second-order valence-electron chi connectivity index (χ2n) is 4.57. The second-order valence-corrected chi connectivity index (χ2v) is 5.00. The molecule has 1 nitrogen and oxygen atoms in total. The van der Waals surface area contributed by atoms with Crippen molar-refractivity contribution in [1.82, 2.24) is 0 Å². The van der Waals surface area contributed by atoms with Crippen LogP contribution in [0.2, 0.25) is 5.02 Å². The van der Waals surface area contributed by atoms with Crippen molar-refractivity contribution >= 4 is 17.7 Å². The Labute approximate surface area is 109 Å².